The second kappa shape index (κ2) is 2.08. The Kier molecular flexibility index (Phi) is 1.30. The van der Waals surface area contributed by atoms with Gasteiger partial charge in [-0.05, 0) is 31.0 Å². The molecule has 0 bridgehead atoms. The van der Waals surface area contributed by atoms with Gasteiger partial charge in [0, 0.05) is 0 Å². The third kappa shape index (κ3) is 0.962. The standard InChI is InChI=1S/C10H11O/c1-10(2)9-6-4-3-5-8(9)7-11-10/h3-5H,7H2,1-2H3. The van der Waals surface area contributed by atoms with E-state index >= 15 is 0 Å². The summed E-state index contributed by atoms with van der Waals surface area (Å²) in [5.74, 6) is 0. The molecule has 1 aromatic carbocycles. The molecule has 1 nitrogen and oxygen atoms in total. The molecule has 0 saturated heterocycles. The lowest BCUT2D eigenvalue weighted by molar-refractivity contribution is -0.00802. The van der Waals surface area contributed by atoms with Crippen molar-refractivity contribution in [3.05, 3.63) is 35.4 Å². The van der Waals surface area contributed by atoms with Crippen LogP contribution in [0.4, 0.5) is 0 Å². The maximum Gasteiger partial charge on any atom is 0.0889 e. The SMILES string of the molecule is CC1(C)OCc2ccc[c]c21. The van der Waals surface area contributed by atoms with Crippen molar-refractivity contribution in [1.82, 2.24) is 0 Å². The number of benzene rings is 1. The zero-order valence-corrected chi connectivity index (χ0v) is 6.85. The van der Waals surface area contributed by atoms with Crippen LogP contribution in [0.1, 0.15) is 25.0 Å². The summed E-state index contributed by atoms with van der Waals surface area (Å²) < 4.78 is 5.58. The van der Waals surface area contributed by atoms with Crippen molar-refractivity contribution in [2.45, 2.75) is 26.1 Å². The molecule has 0 spiro atoms. The van der Waals surface area contributed by atoms with Crippen LogP contribution in [0.5, 0.6) is 0 Å². The first-order valence-corrected chi connectivity index (χ1v) is 3.84. The van der Waals surface area contributed by atoms with E-state index in [0.29, 0.717) is 0 Å². The van der Waals surface area contributed by atoms with Crippen molar-refractivity contribution < 1.29 is 4.74 Å². The van der Waals surface area contributed by atoms with E-state index in [1.165, 1.54) is 11.1 Å². The summed E-state index contributed by atoms with van der Waals surface area (Å²) in [6.07, 6.45) is 0. The van der Waals surface area contributed by atoms with Crippen molar-refractivity contribution in [2.24, 2.45) is 0 Å². The van der Waals surface area contributed by atoms with Crippen LogP contribution >= 0.6 is 0 Å². The van der Waals surface area contributed by atoms with Crippen LogP contribution in [0.2, 0.25) is 0 Å². The van der Waals surface area contributed by atoms with Gasteiger partial charge in [0.05, 0.1) is 12.2 Å². The van der Waals surface area contributed by atoms with Gasteiger partial charge in [-0.15, -0.1) is 0 Å². The molecule has 11 heavy (non-hydrogen) atoms. The predicted molar refractivity (Wildman–Crippen MR) is 43.1 cm³/mol. The molecular weight excluding hydrogens is 136 g/mol. The molecule has 2 rings (SSSR count). The van der Waals surface area contributed by atoms with E-state index in [1.54, 1.807) is 0 Å². The van der Waals surface area contributed by atoms with Crippen LogP contribution in [-0.2, 0) is 16.9 Å². The molecule has 0 fully saturated rings. The Morgan fingerprint density at radius 2 is 2.36 bits per heavy atom. The average molecular weight is 147 g/mol. The highest BCUT2D eigenvalue weighted by molar-refractivity contribution is 5.32. The summed E-state index contributed by atoms with van der Waals surface area (Å²) in [5, 5.41) is 0. The second-order valence-electron chi connectivity index (χ2n) is 3.37. The van der Waals surface area contributed by atoms with Gasteiger partial charge >= 0.3 is 0 Å². The average Bonchev–Trinajstić information content (AvgIpc) is 2.29. The number of ether oxygens (including phenoxy) is 1. The third-order valence-electron chi connectivity index (χ3n) is 2.13. The number of hydrogen-bond donors (Lipinski definition) is 0. The first-order valence-electron chi connectivity index (χ1n) is 3.84. The molecule has 0 saturated carbocycles. The lowest BCUT2D eigenvalue weighted by Crippen LogP contribution is -2.14. The van der Waals surface area contributed by atoms with Gasteiger partial charge in [-0.25, -0.2) is 0 Å². The Balaban J connectivity index is 2.56. The van der Waals surface area contributed by atoms with Gasteiger partial charge in [-0.3, -0.25) is 0 Å². The van der Waals surface area contributed by atoms with Crippen molar-refractivity contribution in [2.75, 3.05) is 0 Å². The minimum Gasteiger partial charge on any atom is -0.366 e. The van der Waals surface area contributed by atoms with Crippen molar-refractivity contribution in [3.63, 3.8) is 0 Å². The maximum atomic E-state index is 5.58. The maximum absolute atomic E-state index is 5.58. The topological polar surface area (TPSA) is 9.23 Å². The van der Waals surface area contributed by atoms with E-state index in [4.69, 9.17) is 4.74 Å². The van der Waals surface area contributed by atoms with Crippen LogP contribution in [0, 0.1) is 6.07 Å². The van der Waals surface area contributed by atoms with E-state index in [-0.39, 0.29) is 5.60 Å². The number of hydrogen-bond acceptors (Lipinski definition) is 1. The van der Waals surface area contributed by atoms with E-state index < -0.39 is 0 Å². The molecule has 1 aliphatic heterocycles. The second-order valence-corrected chi connectivity index (χ2v) is 3.37. The molecule has 0 unspecified atom stereocenters. The zero-order chi connectivity index (χ0) is 7.90. The fourth-order valence-electron chi connectivity index (χ4n) is 1.48. The molecule has 0 N–H and O–H groups in total. The van der Waals surface area contributed by atoms with Crippen LogP contribution < -0.4 is 0 Å². The highest BCUT2D eigenvalue weighted by atomic mass is 16.5. The Bertz CT molecular complexity index is 276. The van der Waals surface area contributed by atoms with Gasteiger partial charge in [0.2, 0.25) is 0 Å². The van der Waals surface area contributed by atoms with Gasteiger partial charge in [-0.2, -0.15) is 0 Å². The summed E-state index contributed by atoms with van der Waals surface area (Å²) in [6, 6.07) is 9.26. The fraction of sp³-hybridized carbons (Fsp3) is 0.400. The van der Waals surface area contributed by atoms with Gasteiger partial charge in [0.25, 0.3) is 0 Å². The zero-order valence-electron chi connectivity index (χ0n) is 6.85. The molecule has 1 radical (unpaired) electrons. The summed E-state index contributed by atoms with van der Waals surface area (Å²) in [6.45, 7) is 4.89. The van der Waals surface area contributed by atoms with E-state index in [1.807, 2.05) is 12.1 Å². The van der Waals surface area contributed by atoms with Gasteiger partial charge in [0.1, 0.15) is 0 Å². The van der Waals surface area contributed by atoms with Crippen LogP contribution in [-0.4, -0.2) is 0 Å². The number of fused-ring (bicyclic) bond motifs is 1. The Hall–Kier alpha value is -0.820. The molecule has 0 amide bonds. The minimum atomic E-state index is -0.128. The van der Waals surface area contributed by atoms with Crippen LogP contribution in [0.3, 0.4) is 0 Å². The van der Waals surface area contributed by atoms with Crippen molar-refractivity contribution in [3.8, 4) is 0 Å². The summed E-state index contributed by atoms with van der Waals surface area (Å²) in [4.78, 5) is 0. The smallest absolute Gasteiger partial charge is 0.0889 e. The predicted octanol–water partition coefficient (Wildman–Crippen LogP) is 2.25. The van der Waals surface area contributed by atoms with Gasteiger partial charge in [0.15, 0.2) is 0 Å². The number of rotatable bonds is 0. The largest absolute Gasteiger partial charge is 0.366 e. The first kappa shape index (κ1) is 6.86. The Morgan fingerprint density at radius 1 is 1.55 bits per heavy atom. The summed E-state index contributed by atoms with van der Waals surface area (Å²) in [5.41, 5.74) is 2.36. The van der Waals surface area contributed by atoms with Crippen molar-refractivity contribution >= 4 is 0 Å². The normalized spacial score (nSPS) is 19.8. The molecule has 1 heterocycles. The third-order valence-corrected chi connectivity index (χ3v) is 2.13. The van der Waals surface area contributed by atoms with Gasteiger partial charge in [-0.1, -0.05) is 18.2 Å². The van der Waals surface area contributed by atoms with E-state index in [2.05, 4.69) is 26.0 Å². The molecule has 0 atom stereocenters. The molecule has 1 aromatic rings. The Labute approximate surface area is 67.0 Å². The molecule has 1 heteroatoms. The van der Waals surface area contributed by atoms with Crippen molar-refractivity contribution in [1.29, 1.82) is 0 Å². The van der Waals surface area contributed by atoms with E-state index in [9.17, 15) is 0 Å². The minimum absolute atomic E-state index is 0.128. The van der Waals surface area contributed by atoms with Gasteiger partial charge < -0.3 is 4.74 Å². The molecule has 1 aliphatic rings. The lowest BCUT2D eigenvalue weighted by Gasteiger charge is -2.17. The highest BCUT2D eigenvalue weighted by Crippen LogP contribution is 2.34. The quantitative estimate of drug-likeness (QED) is 0.547. The molecule has 57 valence electrons. The monoisotopic (exact) mass is 147 g/mol. The highest BCUT2D eigenvalue weighted by Gasteiger charge is 2.29. The summed E-state index contributed by atoms with van der Waals surface area (Å²) in [7, 11) is 0. The fourth-order valence-corrected chi connectivity index (χ4v) is 1.48. The molecular formula is C10H11O. The van der Waals surface area contributed by atoms with Crippen LogP contribution in [0.25, 0.3) is 0 Å². The molecule has 0 aliphatic carbocycles. The summed E-state index contributed by atoms with van der Waals surface area (Å²) >= 11 is 0. The van der Waals surface area contributed by atoms with Crippen LogP contribution in [0.15, 0.2) is 18.2 Å². The Morgan fingerprint density at radius 3 is 3.09 bits per heavy atom. The lowest BCUT2D eigenvalue weighted by atomic mass is 9.97. The first-order chi connectivity index (χ1) is 5.20. The van der Waals surface area contributed by atoms with E-state index in [0.717, 1.165) is 6.61 Å². The molecule has 0 aromatic heterocycles.